The number of likely N-dealkylation sites (N-methyl/N-ethyl adjacent to an activating group) is 1. The van der Waals surface area contributed by atoms with Gasteiger partial charge in [-0.2, -0.15) is 0 Å². The zero-order chi connectivity index (χ0) is 21.2. The van der Waals surface area contributed by atoms with Crippen molar-refractivity contribution < 1.29 is 14.3 Å². The van der Waals surface area contributed by atoms with Crippen LogP contribution in [0.1, 0.15) is 49.2 Å². The quantitative estimate of drug-likeness (QED) is 0.515. The SMILES string of the molecule is CCN1c2cc(OC)c(C=Nc3ccc(C(=O)OC)cc3)cc2C(C)=CC1(C)C. The molecule has 2 aromatic carbocycles. The highest BCUT2D eigenvalue weighted by molar-refractivity contribution is 5.92. The van der Waals surface area contributed by atoms with Crippen molar-refractivity contribution in [2.75, 3.05) is 25.7 Å². The first-order valence-electron chi connectivity index (χ1n) is 9.72. The number of esters is 1. The van der Waals surface area contributed by atoms with Crippen LogP contribution in [0.2, 0.25) is 0 Å². The molecule has 0 bridgehead atoms. The molecule has 0 amide bonds. The van der Waals surface area contributed by atoms with E-state index in [-0.39, 0.29) is 11.5 Å². The predicted octanol–water partition coefficient (Wildman–Crippen LogP) is 5.25. The highest BCUT2D eigenvalue weighted by Gasteiger charge is 2.31. The number of carbonyl (C=O) groups is 1. The van der Waals surface area contributed by atoms with Crippen LogP contribution in [-0.4, -0.2) is 38.5 Å². The van der Waals surface area contributed by atoms with Gasteiger partial charge in [0.1, 0.15) is 5.75 Å². The Morgan fingerprint density at radius 1 is 1.17 bits per heavy atom. The van der Waals surface area contributed by atoms with Crippen molar-refractivity contribution in [2.24, 2.45) is 4.99 Å². The van der Waals surface area contributed by atoms with E-state index in [1.54, 1.807) is 37.6 Å². The second-order valence-electron chi connectivity index (χ2n) is 7.63. The molecular weight excluding hydrogens is 364 g/mol. The van der Waals surface area contributed by atoms with Gasteiger partial charge in [-0.05, 0) is 63.6 Å². The Hall–Kier alpha value is -3.08. The zero-order valence-corrected chi connectivity index (χ0v) is 17.9. The molecule has 0 saturated carbocycles. The Kier molecular flexibility index (Phi) is 5.78. The minimum Gasteiger partial charge on any atom is -0.496 e. The Balaban J connectivity index is 1.98. The van der Waals surface area contributed by atoms with Gasteiger partial charge in [0.15, 0.2) is 0 Å². The van der Waals surface area contributed by atoms with E-state index in [4.69, 9.17) is 9.47 Å². The van der Waals surface area contributed by atoms with Gasteiger partial charge in [-0.25, -0.2) is 4.79 Å². The number of aliphatic imine (C=N–C) groups is 1. The maximum Gasteiger partial charge on any atom is 0.337 e. The van der Waals surface area contributed by atoms with Crippen molar-refractivity contribution in [1.29, 1.82) is 0 Å². The molecule has 0 radical (unpaired) electrons. The monoisotopic (exact) mass is 392 g/mol. The van der Waals surface area contributed by atoms with Gasteiger partial charge in [0.2, 0.25) is 0 Å². The minimum atomic E-state index is -0.359. The van der Waals surface area contributed by atoms with E-state index in [9.17, 15) is 4.79 Å². The largest absolute Gasteiger partial charge is 0.496 e. The van der Waals surface area contributed by atoms with Crippen molar-refractivity contribution in [2.45, 2.75) is 33.2 Å². The Morgan fingerprint density at radius 3 is 2.45 bits per heavy atom. The number of fused-ring (bicyclic) bond motifs is 1. The molecule has 2 aromatic rings. The van der Waals surface area contributed by atoms with Crippen LogP contribution in [0.25, 0.3) is 5.57 Å². The summed E-state index contributed by atoms with van der Waals surface area (Å²) in [5.41, 5.74) is 5.72. The average Bonchev–Trinajstić information content (AvgIpc) is 2.71. The van der Waals surface area contributed by atoms with E-state index in [1.165, 1.54) is 23.9 Å². The highest BCUT2D eigenvalue weighted by atomic mass is 16.5. The predicted molar refractivity (Wildman–Crippen MR) is 119 cm³/mol. The Bertz CT molecular complexity index is 972. The van der Waals surface area contributed by atoms with E-state index >= 15 is 0 Å². The fourth-order valence-electron chi connectivity index (χ4n) is 3.92. The fourth-order valence-corrected chi connectivity index (χ4v) is 3.92. The number of anilines is 1. The first-order valence-corrected chi connectivity index (χ1v) is 9.72. The summed E-state index contributed by atoms with van der Waals surface area (Å²) in [6.45, 7) is 9.67. The first kappa shape index (κ1) is 20.6. The fraction of sp³-hybridized carbons (Fsp3) is 0.333. The van der Waals surface area contributed by atoms with Crippen LogP contribution in [0.3, 0.4) is 0 Å². The summed E-state index contributed by atoms with van der Waals surface area (Å²) < 4.78 is 10.4. The number of ether oxygens (including phenoxy) is 2. The van der Waals surface area contributed by atoms with Crippen LogP contribution in [0, 0.1) is 0 Å². The normalized spacial score (nSPS) is 15.1. The molecule has 0 spiro atoms. The molecule has 5 heteroatoms. The second kappa shape index (κ2) is 8.11. The molecular formula is C24H28N2O3. The molecule has 29 heavy (non-hydrogen) atoms. The molecule has 0 aliphatic carbocycles. The summed E-state index contributed by atoms with van der Waals surface area (Å²) >= 11 is 0. The maximum absolute atomic E-state index is 11.6. The summed E-state index contributed by atoms with van der Waals surface area (Å²) in [4.78, 5) is 18.5. The maximum atomic E-state index is 11.6. The molecule has 152 valence electrons. The van der Waals surface area contributed by atoms with E-state index in [1.807, 2.05) is 0 Å². The van der Waals surface area contributed by atoms with E-state index in [0.29, 0.717) is 5.56 Å². The molecule has 0 saturated heterocycles. The van der Waals surface area contributed by atoms with Crippen molar-refractivity contribution >= 4 is 29.1 Å². The van der Waals surface area contributed by atoms with Crippen molar-refractivity contribution in [1.82, 2.24) is 0 Å². The second-order valence-corrected chi connectivity index (χ2v) is 7.63. The van der Waals surface area contributed by atoms with Crippen LogP contribution in [0.5, 0.6) is 5.75 Å². The van der Waals surface area contributed by atoms with Crippen LogP contribution in [-0.2, 0) is 4.74 Å². The lowest BCUT2D eigenvalue weighted by molar-refractivity contribution is 0.0601. The molecule has 3 rings (SSSR count). The molecule has 0 atom stereocenters. The number of methoxy groups -OCH3 is 2. The standard InChI is InChI=1S/C24H28N2O3/c1-7-26-21-13-22(28-5)18(12-20(21)16(2)14-24(26,3)4)15-25-19-10-8-17(9-11-19)23(27)29-6/h8-15H,7H2,1-6H3. The third kappa shape index (κ3) is 4.04. The number of allylic oxidation sites excluding steroid dienone is 1. The third-order valence-corrected chi connectivity index (χ3v) is 5.29. The van der Waals surface area contributed by atoms with Crippen LogP contribution >= 0.6 is 0 Å². The van der Waals surface area contributed by atoms with Gasteiger partial charge in [-0.3, -0.25) is 4.99 Å². The average molecular weight is 392 g/mol. The van der Waals surface area contributed by atoms with Crippen LogP contribution in [0.15, 0.2) is 47.5 Å². The van der Waals surface area contributed by atoms with Gasteiger partial charge >= 0.3 is 5.97 Å². The zero-order valence-electron chi connectivity index (χ0n) is 17.9. The minimum absolute atomic E-state index is 0.0478. The van der Waals surface area contributed by atoms with Gasteiger partial charge in [-0.1, -0.05) is 6.08 Å². The molecule has 1 aliphatic heterocycles. The smallest absolute Gasteiger partial charge is 0.337 e. The Morgan fingerprint density at radius 2 is 1.86 bits per heavy atom. The summed E-state index contributed by atoms with van der Waals surface area (Å²) in [5, 5.41) is 0. The van der Waals surface area contributed by atoms with Gasteiger partial charge in [0, 0.05) is 35.6 Å². The van der Waals surface area contributed by atoms with Crippen molar-refractivity contribution in [3.8, 4) is 5.75 Å². The summed E-state index contributed by atoms with van der Waals surface area (Å²) in [7, 11) is 3.05. The Labute approximate surface area is 172 Å². The summed E-state index contributed by atoms with van der Waals surface area (Å²) in [5.74, 6) is 0.421. The van der Waals surface area contributed by atoms with Gasteiger partial charge in [0.25, 0.3) is 0 Å². The van der Waals surface area contributed by atoms with Gasteiger partial charge in [-0.15, -0.1) is 0 Å². The number of carbonyl (C=O) groups excluding carboxylic acids is 1. The molecule has 0 aromatic heterocycles. The molecule has 0 unspecified atom stereocenters. The molecule has 5 nitrogen and oxygen atoms in total. The topological polar surface area (TPSA) is 51.1 Å². The number of rotatable bonds is 5. The number of nitrogens with zero attached hydrogens (tertiary/aromatic N) is 2. The van der Waals surface area contributed by atoms with Gasteiger partial charge < -0.3 is 14.4 Å². The lowest BCUT2D eigenvalue weighted by Crippen LogP contribution is -2.44. The molecule has 0 fully saturated rings. The lowest BCUT2D eigenvalue weighted by atomic mass is 9.88. The molecule has 1 aliphatic rings. The molecule has 1 heterocycles. The highest BCUT2D eigenvalue weighted by Crippen LogP contribution is 2.41. The number of benzene rings is 2. The van der Waals surface area contributed by atoms with Crippen LogP contribution in [0.4, 0.5) is 11.4 Å². The lowest BCUT2D eigenvalue weighted by Gasteiger charge is -2.43. The van der Waals surface area contributed by atoms with Gasteiger partial charge in [0.05, 0.1) is 31.0 Å². The van der Waals surface area contributed by atoms with E-state index in [2.05, 4.69) is 55.8 Å². The van der Waals surface area contributed by atoms with E-state index < -0.39 is 0 Å². The molecule has 0 N–H and O–H groups in total. The van der Waals surface area contributed by atoms with Crippen LogP contribution < -0.4 is 9.64 Å². The van der Waals surface area contributed by atoms with Crippen molar-refractivity contribution in [3.05, 3.63) is 59.2 Å². The van der Waals surface area contributed by atoms with Crippen molar-refractivity contribution in [3.63, 3.8) is 0 Å². The number of hydrogen-bond donors (Lipinski definition) is 0. The first-order chi connectivity index (χ1) is 13.8. The summed E-state index contributed by atoms with van der Waals surface area (Å²) in [6.07, 6.45) is 4.10. The number of hydrogen-bond acceptors (Lipinski definition) is 5. The van der Waals surface area contributed by atoms with E-state index in [0.717, 1.165) is 23.5 Å². The summed E-state index contributed by atoms with van der Waals surface area (Å²) in [6, 6.07) is 11.2. The third-order valence-electron chi connectivity index (χ3n) is 5.29.